The molecule has 2 heterocycles. The third-order valence-corrected chi connectivity index (χ3v) is 4.53. The second-order valence-corrected chi connectivity index (χ2v) is 6.45. The number of thioether (sulfide) groups is 1. The van der Waals surface area contributed by atoms with Gasteiger partial charge in [0.05, 0.1) is 28.9 Å². The quantitative estimate of drug-likeness (QED) is 0.305. The van der Waals surface area contributed by atoms with Crippen molar-refractivity contribution in [2.45, 2.75) is 12.1 Å². The lowest BCUT2D eigenvalue weighted by Crippen LogP contribution is -2.19. The number of amides is 1. The van der Waals surface area contributed by atoms with Crippen LogP contribution in [0.2, 0.25) is 5.15 Å². The number of hydrogen-bond donors (Lipinski definition) is 1. The Hall–Kier alpha value is -2.71. The molecule has 26 heavy (non-hydrogen) atoms. The molecule has 1 N–H and O–H groups in total. The molecule has 0 atom stereocenters. The van der Waals surface area contributed by atoms with E-state index in [0.29, 0.717) is 15.9 Å². The van der Waals surface area contributed by atoms with Gasteiger partial charge in [0, 0.05) is 12.4 Å². The van der Waals surface area contributed by atoms with Gasteiger partial charge in [-0.1, -0.05) is 41.6 Å². The monoisotopic (exact) mass is 386 g/mol. The van der Waals surface area contributed by atoms with Crippen LogP contribution in [0.4, 0.5) is 0 Å². The van der Waals surface area contributed by atoms with Gasteiger partial charge in [-0.15, -0.1) is 0 Å². The predicted molar refractivity (Wildman–Crippen MR) is 102 cm³/mol. The molecule has 0 unspecified atom stereocenters. The summed E-state index contributed by atoms with van der Waals surface area (Å²) in [6, 6.07) is 11.4. The molecule has 1 amide bonds. The predicted octanol–water partition coefficient (Wildman–Crippen LogP) is 2.87. The Morgan fingerprint density at radius 3 is 2.73 bits per heavy atom. The highest BCUT2D eigenvalue weighted by Crippen LogP contribution is 2.20. The zero-order valence-corrected chi connectivity index (χ0v) is 15.4. The molecule has 0 spiro atoms. The Bertz CT molecular complexity index is 914. The van der Waals surface area contributed by atoms with Gasteiger partial charge >= 0.3 is 0 Å². The van der Waals surface area contributed by atoms with Crippen LogP contribution in [0.5, 0.6) is 0 Å². The summed E-state index contributed by atoms with van der Waals surface area (Å²) in [7, 11) is 0. The first-order chi connectivity index (χ1) is 12.6. The summed E-state index contributed by atoms with van der Waals surface area (Å²) in [5, 5.41) is 9.13. The third kappa shape index (κ3) is 4.47. The van der Waals surface area contributed by atoms with Crippen LogP contribution in [0.15, 0.2) is 59.0 Å². The van der Waals surface area contributed by atoms with E-state index in [1.165, 1.54) is 18.0 Å². The highest BCUT2D eigenvalue weighted by Gasteiger charge is 2.12. The summed E-state index contributed by atoms with van der Waals surface area (Å²) in [5.41, 5.74) is 4.83. The maximum absolute atomic E-state index is 11.8. The highest BCUT2D eigenvalue weighted by atomic mass is 35.5. The van der Waals surface area contributed by atoms with Crippen LogP contribution in [0.25, 0.3) is 5.69 Å². The van der Waals surface area contributed by atoms with Gasteiger partial charge in [-0.2, -0.15) is 10.2 Å². The number of benzene rings is 1. The van der Waals surface area contributed by atoms with Crippen LogP contribution >= 0.6 is 23.4 Å². The number of nitrogens with one attached hydrogen (secondary N) is 1. The van der Waals surface area contributed by atoms with Gasteiger partial charge in [0.2, 0.25) is 0 Å². The van der Waals surface area contributed by atoms with E-state index in [9.17, 15) is 4.79 Å². The molecule has 0 bridgehead atoms. The molecule has 3 rings (SSSR count). The number of rotatable bonds is 6. The van der Waals surface area contributed by atoms with Crippen molar-refractivity contribution in [2.24, 2.45) is 5.10 Å². The maximum Gasteiger partial charge on any atom is 0.250 e. The van der Waals surface area contributed by atoms with Crippen molar-refractivity contribution in [2.75, 3.05) is 5.75 Å². The number of para-hydroxylation sites is 1. The molecule has 132 valence electrons. The number of nitrogens with zero attached hydrogens (tertiary/aromatic N) is 5. The first kappa shape index (κ1) is 18.1. The fourth-order valence-corrected chi connectivity index (χ4v) is 3.00. The molecular formula is C17H15ClN6OS. The van der Waals surface area contributed by atoms with Gasteiger partial charge in [-0.05, 0) is 25.1 Å². The molecule has 3 aromatic rings. The summed E-state index contributed by atoms with van der Waals surface area (Å²) in [6.45, 7) is 1.89. The topological polar surface area (TPSA) is 85.1 Å². The highest BCUT2D eigenvalue weighted by molar-refractivity contribution is 7.99. The van der Waals surface area contributed by atoms with E-state index in [1.54, 1.807) is 23.1 Å². The third-order valence-electron chi connectivity index (χ3n) is 3.38. The Labute approximate surface area is 159 Å². The Kier molecular flexibility index (Phi) is 5.98. The van der Waals surface area contributed by atoms with Crippen LogP contribution in [0.1, 0.15) is 11.3 Å². The molecule has 2 aromatic heterocycles. The molecule has 1 aromatic carbocycles. The molecule has 0 fully saturated rings. The maximum atomic E-state index is 11.8. The number of carbonyl (C=O) groups is 1. The SMILES string of the molecule is Cc1c(/C=N/NC(=O)CSc2ncccn2)c(Cl)nn1-c1ccccc1. The van der Waals surface area contributed by atoms with E-state index < -0.39 is 0 Å². The standard InChI is InChI=1S/C17H15ClN6OS/c1-12-14(16(18)23-24(12)13-6-3-2-4-7-13)10-21-22-15(25)11-26-17-19-8-5-9-20-17/h2-10H,11H2,1H3,(H,22,25)/b21-10+. The fourth-order valence-electron chi connectivity index (χ4n) is 2.14. The van der Waals surface area contributed by atoms with Crippen LogP contribution in [-0.2, 0) is 4.79 Å². The van der Waals surface area contributed by atoms with Crippen molar-refractivity contribution in [3.05, 3.63) is 65.2 Å². The smallest absolute Gasteiger partial charge is 0.250 e. The number of hydrogen-bond acceptors (Lipinski definition) is 6. The average Bonchev–Trinajstić information content (AvgIpc) is 2.96. The summed E-state index contributed by atoms with van der Waals surface area (Å²) >= 11 is 7.43. The molecule has 9 heteroatoms. The number of aromatic nitrogens is 4. The second kappa shape index (κ2) is 8.59. The average molecular weight is 387 g/mol. The molecule has 0 saturated heterocycles. The lowest BCUT2D eigenvalue weighted by molar-refractivity contribution is -0.118. The van der Waals surface area contributed by atoms with Gasteiger partial charge in [-0.3, -0.25) is 4.79 Å². The van der Waals surface area contributed by atoms with E-state index in [2.05, 4.69) is 25.6 Å². The summed E-state index contributed by atoms with van der Waals surface area (Å²) in [5.74, 6) is -0.0971. The number of carbonyl (C=O) groups excluding carboxylic acids is 1. The summed E-state index contributed by atoms with van der Waals surface area (Å²) < 4.78 is 1.73. The molecule has 0 aliphatic rings. The van der Waals surface area contributed by atoms with Crippen LogP contribution in [0, 0.1) is 6.92 Å². The Morgan fingerprint density at radius 2 is 2.00 bits per heavy atom. The molecule has 7 nitrogen and oxygen atoms in total. The normalized spacial score (nSPS) is 11.0. The van der Waals surface area contributed by atoms with Crippen LogP contribution in [0.3, 0.4) is 0 Å². The van der Waals surface area contributed by atoms with Crippen molar-refractivity contribution in [1.29, 1.82) is 0 Å². The van der Waals surface area contributed by atoms with E-state index in [4.69, 9.17) is 11.6 Å². The Balaban J connectivity index is 1.62. The van der Waals surface area contributed by atoms with E-state index in [0.717, 1.165) is 11.4 Å². The lowest BCUT2D eigenvalue weighted by Gasteiger charge is -2.03. The van der Waals surface area contributed by atoms with Gasteiger partial charge in [-0.25, -0.2) is 20.1 Å². The van der Waals surface area contributed by atoms with Crippen LogP contribution in [-0.4, -0.2) is 37.6 Å². The zero-order valence-electron chi connectivity index (χ0n) is 13.8. The second-order valence-electron chi connectivity index (χ2n) is 5.15. The molecule has 0 aliphatic carbocycles. The molecule has 0 aliphatic heterocycles. The number of halogens is 1. The van der Waals surface area contributed by atoms with Crippen molar-refractivity contribution < 1.29 is 4.79 Å². The van der Waals surface area contributed by atoms with Gasteiger partial charge in [0.25, 0.3) is 5.91 Å². The minimum absolute atomic E-state index is 0.164. The minimum Gasteiger partial charge on any atom is -0.272 e. The number of hydrazone groups is 1. The molecule has 0 radical (unpaired) electrons. The largest absolute Gasteiger partial charge is 0.272 e. The summed E-state index contributed by atoms with van der Waals surface area (Å²) in [4.78, 5) is 19.9. The van der Waals surface area contributed by atoms with Gasteiger partial charge in [0.1, 0.15) is 0 Å². The lowest BCUT2D eigenvalue weighted by atomic mass is 10.2. The minimum atomic E-state index is -0.261. The fraction of sp³-hybridized carbons (Fsp3) is 0.118. The van der Waals surface area contributed by atoms with Gasteiger partial charge < -0.3 is 0 Å². The van der Waals surface area contributed by atoms with Gasteiger partial charge in [0.15, 0.2) is 10.3 Å². The van der Waals surface area contributed by atoms with E-state index >= 15 is 0 Å². The summed E-state index contributed by atoms with van der Waals surface area (Å²) in [6.07, 6.45) is 4.74. The molecular weight excluding hydrogens is 372 g/mol. The first-order valence-corrected chi connectivity index (χ1v) is 9.04. The van der Waals surface area contributed by atoms with E-state index in [-0.39, 0.29) is 11.7 Å². The first-order valence-electron chi connectivity index (χ1n) is 7.67. The van der Waals surface area contributed by atoms with Crippen molar-refractivity contribution in [3.63, 3.8) is 0 Å². The zero-order chi connectivity index (χ0) is 18.4. The van der Waals surface area contributed by atoms with E-state index in [1.807, 2.05) is 37.3 Å². The van der Waals surface area contributed by atoms with Crippen LogP contribution < -0.4 is 5.43 Å². The van der Waals surface area contributed by atoms with Crippen molar-refractivity contribution in [1.82, 2.24) is 25.2 Å². The molecule has 0 saturated carbocycles. The van der Waals surface area contributed by atoms with Crippen molar-refractivity contribution in [3.8, 4) is 5.69 Å². The van der Waals surface area contributed by atoms with Crippen molar-refractivity contribution >= 4 is 35.5 Å². The Morgan fingerprint density at radius 1 is 1.27 bits per heavy atom.